The number of nitrogens with zero attached hydrogens (tertiary/aromatic N) is 1. The van der Waals surface area contributed by atoms with Crippen LogP contribution in [0.4, 0.5) is 15.2 Å². The summed E-state index contributed by atoms with van der Waals surface area (Å²) in [7, 11) is 1.51. The van der Waals surface area contributed by atoms with Gasteiger partial charge in [-0.1, -0.05) is 35.1 Å². The van der Waals surface area contributed by atoms with Gasteiger partial charge in [-0.3, -0.25) is 0 Å². The van der Waals surface area contributed by atoms with Crippen LogP contribution in [0.5, 0.6) is 5.75 Å². The lowest BCUT2D eigenvalue weighted by Gasteiger charge is -2.04. The number of rotatable bonds is 4. The number of nitrogens with one attached hydrogen (secondary N) is 1. The van der Waals surface area contributed by atoms with Gasteiger partial charge in [0.15, 0.2) is 5.13 Å². The Morgan fingerprint density at radius 3 is 2.70 bits per heavy atom. The van der Waals surface area contributed by atoms with Gasteiger partial charge >= 0.3 is 0 Å². The lowest BCUT2D eigenvalue weighted by Crippen LogP contribution is -1.89. The molecule has 0 aliphatic rings. The summed E-state index contributed by atoms with van der Waals surface area (Å²) in [5, 5.41) is 4.45. The van der Waals surface area contributed by atoms with Crippen LogP contribution in [0, 0.1) is 12.7 Å². The number of anilines is 2. The van der Waals surface area contributed by atoms with Crippen molar-refractivity contribution in [2.24, 2.45) is 0 Å². The van der Waals surface area contributed by atoms with Gasteiger partial charge in [0.05, 0.1) is 28.4 Å². The van der Waals surface area contributed by atoms with Crippen LogP contribution < -0.4 is 10.1 Å². The highest BCUT2D eigenvalue weighted by molar-refractivity contribution is 7.19. The van der Waals surface area contributed by atoms with Crippen LogP contribution in [0.1, 0.15) is 5.69 Å². The number of methoxy groups -OCH3 is 1. The molecule has 3 nitrogen and oxygen atoms in total. The molecule has 118 valence electrons. The van der Waals surface area contributed by atoms with Crippen molar-refractivity contribution in [2.75, 3.05) is 12.4 Å². The molecule has 2 aromatic carbocycles. The van der Waals surface area contributed by atoms with E-state index < -0.39 is 0 Å². The molecule has 0 radical (unpaired) electrons. The predicted octanol–water partition coefficient (Wildman–Crippen LogP) is 5.66. The van der Waals surface area contributed by atoms with E-state index in [0.29, 0.717) is 21.5 Å². The minimum Gasteiger partial charge on any atom is -0.497 e. The van der Waals surface area contributed by atoms with Gasteiger partial charge in [0.25, 0.3) is 0 Å². The smallest absolute Gasteiger partial charge is 0.188 e. The van der Waals surface area contributed by atoms with Crippen LogP contribution in [-0.2, 0) is 0 Å². The van der Waals surface area contributed by atoms with E-state index in [1.807, 2.05) is 25.1 Å². The van der Waals surface area contributed by atoms with Gasteiger partial charge in [-0.25, -0.2) is 9.37 Å². The molecular weight excluding hydrogens is 335 g/mol. The second-order valence-corrected chi connectivity index (χ2v) is 6.29. The van der Waals surface area contributed by atoms with Crippen LogP contribution in [-0.4, -0.2) is 12.1 Å². The standard InChI is InChI=1S/C17H14ClFN2OS/c1-10-16(12-8-7-11(22-2)9-14(12)19)23-17(20-10)21-15-6-4-3-5-13(15)18/h3-9H,1-2H3,(H,20,21). The minimum absolute atomic E-state index is 0.333. The van der Waals surface area contributed by atoms with Gasteiger partial charge in [0.2, 0.25) is 0 Å². The van der Waals surface area contributed by atoms with Crippen molar-refractivity contribution < 1.29 is 9.13 Å². The lowest BCUT2D eigenvalue weighted by atomic mass is 10.1. The van der Waals surface area contributed by atoms with Crippen molar-refractivity contribution in [2.45, 2.75) is 6.92 Å². The first-order valence-electron chi connectivity index (χ1n) is 6.91. The Bertz CT molecular complexity index is 850. The van der Waals surface area contributed by atoms with Crippen LogP contribution in [0.2, 0.25) is 5.02 Å². The fraction of sp³-hybridized carbons (Fsp3) is 0.118. The molecule has 0 aliphatic heterocycles. The molecular formula is C17H14ClFN2OS. The molecule has 1 aromatic heterocycles. The highest BCUT2D eigenvalue weighted by Crippen LogP contribution is 2.37. The molecule has 0 aliphatic carbocycles. The summed E-state index contributed by atoms with van der Waals surface area (Å²) >= 11 is 7.52. The van der Waals surface area contributed by atoms with E-state index in [9.17, 15) is 4.39 Å². The van der Waals surface area contributed by atoms with Crippen molar-refractivity contribution in [3.05, 3.63) is 59.0 Å². The van der Waals surface area contributed by atoms with Gasteiger partial charge in [-0.05, 0) is 31.2 Å². The van der Waals surface area contributed by atoms with Crippen LogP contribution >= 0.6 is 22.9 Å². The Labute approximate surface area is 142 Å². The molecule has 0 fully saturated rings. The van der Waals surface area contributed by atoms with Crippen LogP contribution in [0.3, 0.4) is 0 Å². The Morgan fingerprint density at radius 2 is 2.00 bits per heavy atom. The molecule has 0 atom stereocenters. The maximum absolute atomic E-state index is 14.3. The van der Waals surface area contributed by atoms with E-state index in [1.165, 1.54) is 24.5 Å². The van der Waals surface area contributed by atoms with E-state index in [2.05, 4.69) is 10.3 Å². The van der Waals surface area contributed by atoms with Crippen LogP contribution in [0.15, 0.2) is 42.5 Å². The molecule has 1 heterocycles. The number of para-hydroxylation sites is 1. The zero-order valence-corrected chi connectivity index (χ0v) is 14.1. The average molecular weight is 349 g/mol. The fourth-order valence-electron chi connectivity index (χ4n) is 2.18. The van der Waals surface area contributed by atoms with E-state index in [0.717, 1.165) is 16.3 Å². The van der Waals surface area contributed by atoms with Crippen LogP contribution in [0.25, 0.3) is 10.4 Å². The zero-order valence-electron chi connectivity index (χ0n) is 12.6. The molecule has 3 aromatic rings. The van der Waals surface area contributed by atoms with Gasteiger partial charge in [0.1, 0.15) is 11.6 Å². The molecule has 0 amide bonds. The number of hydrogen-bond donors (Lipinski definition) is 1. The highest BCUT2D eigenvalue weighted by Gasteiger charge is 2.15. The van der Waals surface area contributed by atoms with Crippen molar-refractivity contribution in [1.29, 1.82) is 0 Å². The summed E-state index contributed by atoms with van der Waals surface area (Å²) in [6.07, 6.45) is 0. The predicted molar refractivity (Wildman–Crippen MR) is 93.5 cm³/mol. The van der Waals surface area contributed by atoms with E-state index in [1.54, 1.807) is 18.2 Å². The summed E-state index contributed by atoms with van der Waals surface area (Å²) in [6, 6.07) is 12.2. The van der Waals surface area contributed by atoms with Gasteiger partial charge in [-0.15, -0.1) is 0 Å². The maximum atomic E-state index is 14.3. The summed E-state index contributed by atoms with van der Waals surface area (Å²) in [5.41, 5.74) is 2.03. The monoisotopic (exact) mass is 348 g/mol. The molecule has 0 bridgehead atoms. The number of aromatic nitrogens is 1. The Morgan fingerprint density at radius 1 is 1.22 bits per heavy atom. The largest absolute Gasteiger partial charge is 0.497 e. The third kappa shape index (κ3) is 3.30. The molecule has 0 saturated carbocycles. The topological polar surface area (TPSA) is 34.1 Å². The molecule has 1 N–H and O–H groups in total. The van der Waals surface area contributed by atoms with E-state index >= 15 is 0 Å². The summed E-state index contributed by atoms with van der Waals surface area (Å²) in [4.78, 5) is 5.24. The summed E-state index contributed by atoms with van der Waals surface area (Å²) in [6.45, 7) is 1.85. The second kappa shape index (κ2) is 6.56. The van der Waals surface area contributed by atoms with E-state index in [4.69, 9.17) is 16.3 Å². The SMILES string of the molecule is COc1ccc(-c2sc(Nc3ccccc3Cl)nc2C)c(F)c1. The van der Waals surface area contributed by atoms with Crippen molar-refractivity contribution in [1.82, 2.24) is 4.98 Å². The number of halogens is 2. The normalized spacial score (nSPS) is 10.6. The third-order valence-electron chi connectivity index (χ3n) is 3.33. The lowest BCUT2D eigenvalue weighted by molar-refractivity contribution is 0.411. The number of benzene rings is 2. The highest BCUT2D eigenvalue weighted by atomic mass is 35.5. The first kappa shape index (κ1) is 15.8. The molecule has 6 heteroatoms. The van der Waals surface area contributed by atoms with Crippen molar-refractivity contribution in [3.63, 3.8) is 0 Å². The third-order valence-corrected chi connectivity index (χ3v) is 4.77. The minimum atomic E-state index is -0.333. The zero-order chi connectivity index (χ0) is 16.4. The quantitative estimate of drug-likeness (QED) is 0.660. The van der Waals surface area contributed by atoms with Crippen molar-refractivity contribution >= 4 is 33.8 Å². The average Bonchev–Trinajstić information content (AvgIpc) is 2.90. The Balaban J connectivity index is 1.94. The number of aryl methyl sites for hydroxylation is 1. The Kier molecular flexibility index (Phi) is 4.50. The first-order chi connectivity index (χ1) is 11.1. The molecule has 0 unspecified atom stereocenters. The first-order valence-corrected chi connectivity index (χ1v) is 8.11. The fourth-order valence-corrected chi connectivity index (χ4v) is 3.37. The Hall–Kier alpha value is -2.11. The van der Waals surface area contributed by atoms with Crippen molar-refractivity contribution in [3.8, 4) is 16.2 Å². The van der Waals surface area contributed by atoms with Gasteiger partial charge in [-0.2, -0.15) is 0 Å². The number of ether oxygens (including phenoxy) is 1. The maximum Gasteiger partial charge on any atom is 0.188 e. The van der Waals surface area contributed by atoms with Gasteiger partial charge < -0.3 is 10.1 Å². The second-order valence-electron chi connectivity index (χ2n) is 4.88. The molecule has 3 rings (SSSR count). The van der Waals surface area contributed by atoms with Gasteiger partial charge in [0, 0.05) is 11.6 Å². The van der Waals surface area contributed by atoms with E-state index in [-0.39, 0.29) is 5.82 Å². The molecule has 0 spiro atoms. The number of hydrogen-bond acceptors (Lipinski definition) is 4. The number of thiazole rings is 1. The summed E-state index contributed by atoms with van der Waals surface area (Å²) < 4.78 is 19.3. The summed E-state index contributed by atoms with van der Waals surface area (Å²) in [5.74, 6) is 0.156. The molecule has 0 saturated heterocycles. The molecule has 23 heavy (non-hydrogen) atoms.